The summed E-state index contributed by atoms with van der Waals surface area (Å²) in [5.41, 5.74) is 1.42. The first-order valence-corrected chi connectivity index (χ1v) is 11.2. The van der Waals surface area contributed by atoms with Crippen molar-refractivity contribution < 1.29 is 14.3 Å². The number of nitrogens with zero attached hydrogens (tertiary/aromatic N) is 4. The van der Waals surface area contributed by atoms with Gasteiger partial charge in [0.15, 0.2) is 0 Å². The summed E-state index contributed by atoms with van der Waals surface area (Å²) in [6.07, 6.45) is 9.14. The van der Waals surface area contributed by atoms with Crippen LogP contribution >= 0.6 is 0 Å². The number of carbonyl (C=O) groups is 2. The lowest BCUT2D eigenvalue weighted by atomic mass is 10.1. The van der Waals surface area contributed by atoms with Crippen molar-refractivity contribution >= 4 is 23.9 Å². The quantitative estimate of drug-likeness (QED) is 0.636. The number of rotatable bonds is 8. The molecule has 0 spiro atoms. The maximum atomic E-state index is 12.9. The predicted molar refractivity (Wildman–Crippen MR) is 122 cm³/mol. The molecule has 2 aliphatic rings. The van der Waals surface area contributed by atoms with Gasteiger partial charge in [0, 0.05) is 44.6 Å². The number of nitrogens with one attached hydrogen (secondary N) is 1. The zero-order valence-corrected chi connectivity index (χ0v) is 18.3. The molecular formula is C24H29N5O3. The van der Waals surface area contributed by atoms with Gasteiger partial charge in [-0.3, -0.25) is 9.69 Å². The summed E-state index contributed by atoms with van der Waals surface area (Å²) in [6, 6.07) is 10.0. The van der Waals surface area contributed by atoms with Crippen LogP contribution in [-0.2, 0) is 9.53 Å². The van der Waals surface area contributed by atoms with Gasteiger partial charge >= 0.3 is 5.97 Å². The maximum absolute atomic E-state index is 12.9. The zero-order valence-electron chi connectivity index (χ0n) is 18.3. The van der Waals surface area contributed by atoms with Crippen LogP contribution in [0.5, 0.6) is 0 Å². The number of amides is 1. The summed E-state index contributed by atoms with van der Waals surface area (Å²) in [7, 11) is 0. The van der Waals surface area contributed by atoms with Crippen molar-refractivity contribution in [1.82, 2.24) is 20.2 Å². The summed E-state index contributed by atoms with van der Waals surface area (Å²) in [5, 5.41) is 3.14. The number of ether oxygens (including phenoxy) is 1. The monoisotopic (exact) mass is 435 g/mol. The highest BCUT2D eigenvalue weighted by atomic mass is 16.5. The maximum Gasteiger partial charge on any atom is 0.341 e. The van der Waals surface area contributed by atoms with Crippen molar-refractivity contribution in [2.24, 2.45) is 0 Å². The third kappa shape index (κ3) is 5.70. The normalized spacial score (nSPS) is 17.8. The molecule has 32 heavy (non-hydrogen) atoms. The van der Waals surface area contributed by atoms with Crippen LogP contribution < -0.4 is 10.2 Å². The first-order valence-electron chi connectivity index (χ1n) is 11.2. The molecule has 1 amide bonds. The Morgan fingerprint density at radius 2 is 1.81 bits per heavy atom. The van der Waals surface area contributed by atoms with E-state index < -0.39 is 5.97 Å². The molecule has 2 fully saturated rings. The lowest BCUT2D eigenvalue weighted by Crippen LogP contribution is -2.54. The van der Waals surface area contributed by atoms with E-state index in [9.17, 15) is 9.59 Å². The molecule has 168 valence electrons. The van der Waals surface area contributed by atoms with Gasteiger partial charge in [0.25, 0.3) is 0 Å². The summed E-state index contributed by atoms with van der Waals surface area (Å²) in [4.78, 5) is 37.7. The van der Waals surface area contributed by atoms with E-state index in [-0.39, 0.29) is 11.9 Å². The van der Waals surface area contributed by atoms with E-state index in [0.717, 1.165) is 18.4 Å². The molecule has 1 atom stereocenters. The lowest BCUT2D eigenvalue weighted by molar-refractivity contribution is -0.125. The summed E-state index contributed by atoms with van der Waals surface area (Å²) < 4.78 is 4.98. The molecule has 1 saturated carbocycles. The van der Waals surface area contributed by atoms with Crippen molar-refractivity contribution in [2.45, 2.75) is 31.8 Å². The van der Waals surface area contributed by atoms with Crippen molar-refractivity contribution in [2.75, 3.05) is 37.7 Å². The van der Waals surface area contributed by atoms with Crippen molar-refractivity contribution in [3.8, 4) is 0 Å². The molecule has 1 saturated heterocycles. The molecule has 2 aromatic rings. The largest absolute Gasteiger partial charge is 0.462 e. The highest BCUT2D eigenvalue weighted by Gasteiger charge is 2.31. The predicted octanol–water partition coefficient (Wildman–Crippen LogP) is 2.14. The van der Waals surface area contributed by atoms with Crippen LogP contribution in [0.15, 0.2) is 48.8 Å². The smallest absolute Gasteiger partial charge is 0.341 e. The second-order valence-electron chi connectivity index (χ2n) is 8.01. The number of esters is 1. The Balaban J connectivity index is 1.39. The van der Waals surface area contributed by atoms with Gasteiger partial charge in [0.05, 0.1) is 12.2 Å². The molecule has 1 aromatic carbocycles. The van der Waals surface area contributed by atoms with E-state index in [1.165, 1.54) is 12.4 Å². The van der Waals surface area contributed by atoms with E-state index in [1.807, 2.05) is 42.5 Å². The Hall–Kier alpha value is -3.26. The second-order valence-corrected chi connectivity index (χ2v) is 8.01. The fourth-order valence-corrected chi connectivity index (χ4v) is 3.66. The molecule has 0 radical (unpaired) electrons. The van der Waals surface area contributed by atoms with Crippen LogP contribution in [0, 0.1) is 0 Å². The van der Waals surface area contributed by atoms with Crippen molar-refractivity contribution in [3.05, 3.63) is 59.9 Å². The van der Waals surface area contributed by atoms with Crippen LogP contribution in [-0.4, -0.2) is 71.6 Å². The number of benzene rings is 1. The molecule has 1 aliphatic carbocycles. The van der Waals surface area contributed by atoms with Crippen molar-refractivity contribution in [3.63, 3.8) is 0 Å². The average molecular weight is 436 g/mol. The molecule has 0 bridgehead atoms. The Labute approximate surface area is 188 Å². The van der Waals surface area contributed by atoms with Gasteiger partial charge in [-0.25, -0.2) is 14.8 Å². The van der Waals surface area contributed by atoms with Crippen LogP contribution in [0.4, 0.5) is 5.95 Å². The number of hydrogen-bond acceptors (Lipinski definition) is 7. The Morgan fingerprint density at radius 1 is 1.12 bits per heavy atom. The average Bonchev–Trinajstić information content (AvgIpc) is 3.64. The van der Waals surface area contributed by atoms with Crippen LogP contribution in [0.2, 0.25) is 0 Å². The number of piperazine rings is 1. The second kappa shape index (κ2) is 10.4. The number of carbonyl (C=O) groups excluding carboxylic acids is 2. The number of aromatic nitrogens is 2. The highest BCUT2D eigenvalue weighted by molar-refractivity contribution is 5.88. The summed E-state index contributed by atoms with van der Waals surface area (Å²) in [6.45, 7) is 4.91. The molecule has 1 N–H and O–H groups in total. The molecule has 8 heteroatoms. The standard InChI is InChI=1S/C24H29N5O3/c1-2-32-23(31)19-16-25-24(26-17-19)29-14-12-28(13-15-29)21(22(30)27-20-9-10-20)11-8-18-6-4-3-5-7-18/h3-8,11,16-17,20-21H,2,9-10,12-15H2,1H3,(H,27,30). The minimum atomic E-state index is -0.418. The van der Waals surface area contributed by atoms with Gasteiger partial charge in [-0.1, -0.05) is 42.5 Å². The third-order valence-electron chi connectivity index (χ3n) is 5.60. The van der Waals surface area contributed by atoms with Gasteiger partial charge in [0.2, 0.25) is 11.9 Å². The molecular weight excluding hydrogens is 406 g/mol. The number of hydrogen-bond donors (Lipinski definition) is 1. The minimum absolute atomic E-state index is 0.0585. The molecule has 1 aromatic heterocycles. The fourth-order valence-electron chi connectivity index (χ4n) is 3.66. The van der Waals surface area contributed by atoms with Crippen LogP contribution in [0.1, 0.15) is 35.7 Å². The van der Waals surface area contributed by atoms with Crippen LogP contribution in [0.3, 0.4) is 0 Å². The summed E-state index contributed by atoms with van der Waals surface area (Å²) >= 11 is 0. The van der Waals surface area contributed by atoms with E-state index >= 15 is 0 Å². The zero-order chi connectivity index (χ0) is 22.3. The van der Waals surface area contributed by atoms with Gasteiger partial charge in [-0.2, -0.15) is 0 Å². The minimum Gasteiger partial charge on any atom is -0.462 e. The molecule has 1 unspecified atom stereocenters. The third-order valence-corrected chi connectivity index (χ3v) is 5.60. The molecule has 4 rings (SSSR count). The Kier molecular flexibility index (Phi) is 7.11. The van der Waals surface area contributed by atoms with E-state index in [4.69, 9.17) is 4.74 Å². The van der Waals surface area contributed by atoms with Gasteiger partial charge in [0.1, 0.15) is 6.04 Å². The topological polar surface area (TPSA) is 87.7 Å². The molecule has 1 aliphatic heterocycles. The molecule has 8 nitrogen and oxygen atoms in total. The number of anilines is 1. The highest BCUT2D eigenvalue weighted by Crippen LogP contribution is 2.20. The Bertz CT molecular complexity index is 936. The first-order chi connectivity index (χ1) is 15.6. The van der Waals surface area contributed by atoms with E-state index in [0.29, 0.717) is 50.3 Å². The fraction of sp³-hybridized carbons (Fsp3) is 0.417. The lowest BCUT2D eigenvalue weighted by Gasteiger charge is -2.37. The van der Waals surface area contributed by atoms with Gasteiger partial charge < -0.3 is 15.0 Å². The van der Waals surface area contributed by atoms with Crippen molar-refractivity contribution in [1.29, 1.82) is 0 Å². The van der Waals surface area contributed by atoms with Crippen LogP contribution in [0.25, 0.3) is 6.08 Å². The van der Waals surface area contributed by atoms with E-state index in [1.54, 1.807) is 6.92 Å². The Morgan fingerprint density at radius 3 is 2.44 bits per heavy atom. The van der Waals surface area contributed by atoms with E-state index in [2.05, 4.69) is 25.1 Å². The first kappa shape index (κ1) is 22.0. The summed E-state index contributed by atoms with van der Waals surface area (Å²) in [5.74, 6) is 0.221. The SMILES string of the molecule is CCOC(=O)c1cnc(N2CCN(C(C=Cc3ccccc3)C(=O)NC3CC3)CC2)nc1. The molecule has 2 heterocycles. The van der Waals surface area contributed by atoms with Gasteiger partial charge in [-0.05, 0) is 25.3 Å². The van der Waals surface area contributed by atoms with Gasteiger partial charge in [-0.15, -0.1) is 0 Å².